The summed E-state index contributed by atoms with van der Waals surface area (Å²) in [4.78, 5) is 17.0. The van der Waals surface area contributed by atoms with E-state index < -0.39 is 5.41 Å². The van der Waals surface area contributed by atoms with E-state index in [1.807, 2.05) is 6.07 Å². The van der Waals surface area contributed by atoms with E-state index in [9.17, 15) is 0 Å². The molecule has 14 rings (SSSR count). The van der Waals surface area contributed by atoms with Gasteiger partial charge in [-0.1, -0.05) is 194 Å². The molecule has 4 heteroatoms. The van der Waals surface area contributed by atoms with Gasteiger partial charge in [-0.05, 0) is 94.5 Å². The average molecular weight is 787 g/mol. The normalized spacial score (nSPS) is 13.3. The summed E-state index contributed by atoms with van der Waals surface area (Å²) in [6.07, 6.45) is 0. The van der Waals surface area contributed by atoms with E-state index >= 15 is 0 Å². The summed E-state index contributed by atoms with van der Waals surface area (Å²) >= 11 is 0. The maximum Gasteiger partial charge on any atom is 0.238 e. The molecule has 0 spiro atoms. The van der Waals surface area contributed by atoms with Crippen molar-refractivity contribution in [2.45, 2.75) is 5.41 Å². The highest BCUT2D eigenvalue weighted by atomic mass is 15.2. The number of aromatic nitrogens is 4. The second kappa shape index (κ2) is 12.4. The van der Waals surface area contributed by atoms with Gasteiger partial charge in [0.05, 0.1) is 11.0 Å². The second-order valence-electron chi connectivity index (χ2n) is 16.6. The third-order valence-electron chi connectivity index (χ3n) is 13.6. The first-order chi connectivity index (χ1) is 30.8. The Morgan fingerprint density at radius 3 is 1.58 bits per heavy atom. The zero-order valence-corrected chi connectivity index (χ0v) is 33.4. The zero-order valence-electron chi connectivity index (χ0n) is 33.4. The van der Waals surface area contributed by atoms with Gasteiger partial charge < -0.3 is 0 Å². The molecular weight excluding hydrogens is 753 g/mol. The van der Waals surface area contributed by atoms with Crippen LogP contribution in [0.15, 0.2) is 206 Å². The molecule has 10 aromatic carbocycles. The molecule has 0 unspecified atom stereocenters. The highest BCUT2D eigenvalue weighted by Gasteiger charge is 2.50. The van der Waals surface area contributed by atoms with E-state index in [4.69, 9.17) is 15.0 Å². The Morgan fingerprint density at radius 2 is 0.887 bits per heavy atom. The number of nitrogens with zero attached hydrogens (tertiary/aromatic N) is 4. The molecule has 0 radical (unpaired) electrons. The van der Waals surface area contributed by atoms with Crippen LogP contribution in [0.1, 0.15) is 22.5 Å². The first kappa shape index (κ1) is 33.6. The molecule has 2 aromatic heterocycles. The van der Waals surface area contributed by atoms with Gasteiger partial charge in [-0.3, -0.25) is 4.57 Å². The van der Waals surface area contributed by atoms with Gasteiger partial charge in [0.1, 0.15) is 5.41 Å². The van der Waals surface area contributed by atoms with Gasteiger partial charge in [-0.15, -0.1) is 0 Å². The van der Waals surface area contributed by atoms with Crippen molar-refractivity contribution in [1.82, 2.24) is 19.5 Å². The smallest absolute Gasteiger partial charge is 0.238 e. The minimum absolute atomic E-state index is 0.587. The summed E-state index contributed by atoms with van der Waals surface area (Å²) in [5.41, 5.74) is 13.0. The lowest BCUT2D eigenvalue weighted by Crippen LogP contribution is -2.32. The highest BCUT2D eigenvalue weighted by molar-refractivity contribution is 6.30. The maximum absolute atomic E-state index is 5.83. The molecule has 4 nitrogen and oxygen atoms in total. The van der Waals surface area contributed by atoms with Gasteiger partial charge >= 0.3 is 0 Å². The average Bonchev–Trinajstić information content (AvgIpc) is 3.82. The molecule has 0 atom stereocenters. The topological polar surface area (TPSA) is 43.6 Å². The quantitative estimate of drug-likeness (QED) is 0.178. The highest BCUT2D eigenvalue weighted by Crippen LogP contribution is 2.59. The van der Waals surface area contributed by atoms with E-state index in [-0.39, 0.29) is 0 Å². The molecule has 62 heavy (non-hydrogen) atoms. The summed E-state index contributed by atoms with van der Waals surface area (Å²) in [7, 11) is 0. The number of hydrogen-bond acceptors (Lipinski definition) is 3. The molecule has 0 fully saturated rings. The monoisotopic (exact) mass is 786 g/mol. The summed E-state index contributed by atoms with van der Waals surface area (Å²) in [6.45, 7) is 0. The van der Waals surface area contributed by atoms with Gasteiger partial charge in [-0.25, -0.2) is 4.98 Å². The summed E-state index contributed by atoms with van der Waals surface area (Å²) in [5, 5.41) is 9.72. The van der Waals surface area contributed by atoms with Crippen LogP contribution in [0, 0.1) is 0 Å². The van der Waals surface area contributed by atoms with E-state index in [1.54, 1.807) is 0 Å². The summed E-state index contributed by atoms with van der Waals surface area (Å²) < 4.78 is 2.30. The van der Waals surface area contributed by atoms with Crippen molar-refractivity contribution in [3.05, 3.63) is 229 Å². The predicted octanol–water partition coefficient (Wildman–Crippen LogP) is 14.1. The first-order valence-corrected chi connectivity index (χ1v) is 21.3. The van der Waals surface area contributed by atoms with Crippen LogP contribution in [0.5, 0.6) is 0 Å². The van der Waals surface area contributed by atoms with Gasteiger partial charge in [0.2, 0.25) is 5.95 Å². The minimum Gasteiger partial charge on any atom is -0.278 e. The molecule has 2 aliphatic rings. The Morgan fingerprint density at radius 1 is 0.355 bits per heavy atom. The zero-order chi connectivity index (χ0) is 40.5. The maximum atomic E-state index is 5.83. The van der Waals surface area contributed by atoms with Crippen LogP contribution >= 0.6 is 0 Å². The predicted molar refractivity (Wildman–Crippen MR) is 254 cm³/mol. The van der Waals surface area contributed by atoms with E-state index in [0.717, 1.165) is 33.3 Å². The second-order valence-corrected chi connectivity index (χ2v) is 16.6. The lowest BCUT2D eigenvalue weighted by molar-refractivity contribution is 0.684. The Balaban J connectivity index is 1.17. The van der Waals surface area contributed by atoms with Crippen LogP contribution in [0.3, 0.4) is 0 Å². The van der Waals surface area contributed by atoms with Crippen molar-refractivity contribution in [2.75, 3.05) is 0 Å². The van der Waals surface area contributed by atoms with Crippen LogP contribution in [0.4, 0.5) is 0 Å². The SMILES string of the molecule is c1ccc(-c2nc(-n3c4cccc5c4c4c6c(cccc6ccc43)-c3ccccc3-5)nc(C3(c4ccccc4)c4ccc5ccccc5c4-c4c3ccc3ccccc43)n2)cc1. The minimum atomic E-state index is -0.893. The van der Waals surface area contributed by atoms with Crippen LogP contribution < -0.4 is 0 Å². The van der Waals surface area contributed by atoms with E-state index in [1.165, 1.54) is 76.5 Å². The van der Waals surface area contributed by atoms with Crippen LogP contribution in [0.25, 0.3) is 105 Å². The number of benzene rings is 10. The molecule has 0 aliphatic heterocycles. The Bertz CT molecular complexity index is 3780. The molecule has 0 saturated carbocycles. The van der Waals surface area contributed by atoms with Gasteiger partial charge in [0.25, 0.3) is 0 Å². The first-order valence-electron chi connectivity index (χ1n) is 21.3. The fourth-order valence-corrected chi connectivity index (χ4v) is 11.1. The standard InChI is InChI=1S/C58H34N4/c1-3-17-38(18-4-1)55-59-56(58(39-20-5-2-6-21-39)46-32-29-35-15-7-9-22-40(35)51(46)52-41-23-10-8-16-36(41)30-33-47(52)58)61-57(60-55)62-48-28-14-27-45-43-25-12-11-24-42(43)44-26-13-19-37-31-34-49(62)54(50(37)44)53(45)48/h1-34H. The molecular formula is C58H34N4. The lowest BCUT2D eigenvalue weighted by Gasteiger charge is -2.32. The third kappa shape index (κ3) is 4.32. The van der Waals surface area contributed by atoms with E-state index in [0.29, 0.717) is 17.6 Å². The van der Waals surface area contributed by atoms with Crippen molar-refractivity contribution >= 4 is 54.1 Å². The summed E-state index contributed by atoms with van der Waals surface area (Å²) in [5.74, 6) is 1.90. The molecule has 2 aliphatic carbocycles. The van der Waals surface area contributed by atoms with Crippen molar-refractivity contribution in [2.24, 2.45) is 0 Å². The molecule has 12 aromatic rings. The Kier molecular flexibility index (Phi) is 6.73. The van der Waals surface area contributed by atoms with Crippen LogP contribution in [0.2, 0.25) is 0 Å². The Labute approximate surface area is 357 Å². The molecule has 0 bridgehead atoms. The van der Waals surface area contributed by atoms with Gasteiger partial charge in [-0.2, -0.15) is 9.97 Å². The molecule has 0 N–H and O–H groups in total. The van der Waals surface area contributed by atoms with Crippen LogP contribution in [-0.2, 0) is 5.41 Å². The largest absolute Gasteiger partial charge is 0.278 e. The number of hydrogen-bond donors (Lipinski definition) is 0. The fourth-order valence-electron chi connectivity index (χ4n) is 11.1. The fraction of sp³-hybridized carbons (Fsp3) is 0.0172. The molecule has 0 amide bonds. The Hall–Kier alpha value is -8.21. The summed E-state index contributed by atoms with van der Waals surface area (Å²) in [6, 6.07) is 74.7. The van der Waals surface area contributed by atoms with Crippen LogP contribution in [-0.4, -0.2) is 19.5 Å². The molecule has 2 heterocycles. The van der Waals surface area contributed by atoms with Crippen molar-refractivity contribution in [3.8, 4) is 50.7 Å². The van der Waals surface area contributed by atoms with Crippen molar-refractivity contribution in [3.63, 3.8) is 0 Å². The number of rotatable bonds is 4. The van der Waals surface area contributed by atoms with Crippen molar-refractivity contribution in [1.29, 1.82) is 0 Å². The number of fused-ring (bicyclic) bond motifs is 10. The third-order valence-corrected chi connectivity index (χ3v) is 13.6. The van der Waals surface area contributed by atoms with E-state index in [2.05, 4.69) is 205 Å². The van der Waals surface area contributed by atoms with Gasteiger partial charge in [0, 0.05) is 16.3 Å². The lowest BCUT2D eigenvalue weighted by atomic mass is 9.71. The molecule has 286 valence electrons. The van der Waals surface area contributed by atoms with Crippen molar-refractivity contribution < 1.29 is 0 Å². The molecule has 0 saturated heterocycles. The van der Waals surface area contributed by atoms with Gasteiger partial charge in [0.15, 0.2) is 11.6 Å².